The van der Waals surface area contributed by atoms with E-state index in [-0.39, 0.29) is 18.5 Å². The summed E-state index contributed by atoms with van der Waals surface area (Å²) in [4.78, 5) is 0. The Morgan fingerprint density at radius 2 is 2.32 bits per heavy atom. The van der Waals surface area contributed by atoms with Crippen LogP contribution in [0.4, 0.5) is 0 Å². The zero-order chi connectivity index (χ0) is 13.3. The van der Waals surface area contributed by atoms with E-state index in [2.05, 4.69) is 5.32 Å². The van der Waals surface area contributed by atoms with Crippen molar-refractivity contribution >= 4 is 0 Å². The zero-order valence-electron chi connectivity index (χ0n) is 10.8. The third kappa shape index (κ3) is 2.29. The summed E-state index contributed by atoms with van der Waals surface area (Å²) in [5.74, 6) is 0.806. The molecule has 2 aliphatic rings. The topological polar surface area (TPSA) is 71.0 Å². The van der Waals surface area contributed by atoms with Crippen LogP contribution >= 0.6 is 0 Å². The molecule has 1 aromatic carbocycles. The van der Waals surface area contributed by atoms with Gasteiger partial charge < -0.3 is 19.7 Å². The molecule has 2 unspecified atom stereocenters. The first-order valence-electron chi connectivity index (χ1n) is 6.67. The summed E-state index contributed by atoms with van der Waals surface area (Å²) in [7, 11) is 0. The van der Waals surface area contributed by atoms with Crippen LogP contribution < -0.4 is 10.1 Å². The lowest BCUT2D eigenvalue weighted by molar-refractivity contribution is 0.0791. The Bertz CT molecular complexity index is 459. The van der Waals surface area contributed by atoms with E-state index < -0.39 is 5.54 Å². The lowest BCUT2D eigenvalue weighted by Gasteiger charge is -2.28. The third-order valence-corrected chi connectivity index (χ3v) is 3.92. The van der Waals surface area contributed by atoms with Crippen molar-refractivity contribution in [3.05, 3.63) is 23.8 Å². The maximum absolute atomic E-state index is 9.76. The standard InChI is InChI=1S/C14H19NO4/c16-8-14(15-7-11-2-1-5-18-11)9-19-13-6-10(17)3-4-12(13)14/h3-4,6,11,15-17H,1-2,5,7-9H2. The van der Waals surface area contributed by atoms with Crippen molar-refractivity contribution in [1.82, 2.24) is 5.32 Å². The molecular weight excluding hydrogens is 246 g/mol. The van der Waals surface area contributed by atoms with Gasteiger partial charge in [0.15, 0.2) is 0 Å². The fourth-order valence-electron chi connectivity index (χ4n) is 2.75. The number of hydrogen-bond acceptors (Lipinski definition) is 5. The Labute approximate surface area is 112 Å². The van der Waals surface area contributed by atoms with Gasteiger partial charge in [-0.2, -0.15) is 0 Å². The molecule has 2 atom stereocenters. The highest BCUT2D eigenvalue weighted by atomic mass is 16.5. The van der Waals surface area contributed by atoms with Gasteiger partial charge in [-0.1, -0.05) is 0 Å². The Morgan fingerprint density at radius 3 is 3.05 bits per heavy atom. The molecular formula is C14H19NO4. The van der Waals surface area contributed by atoms with E-state index in [0.29, 0.717) is 18.9 Å². The lowest BCUT2D eigenvalue weighted by atomic mass is 9.92. The summed E-state index contributed by atoms with van der Waals surface area (Å²) in [5, 5.41) is 22.6. The lowest BCUT2D eigenvalue weighted by Crippen LogP contribution is -2.49. The van der Waals surface area contributed by atoms with Gasteiger partial charge in [-0.25, -0.2) is 0 Å². The maximum Gasteiger partial charge on any atom is 0.128 e. The van der Waals surface area contributed by atoms with Gasteiger partial charge >= 0.3 is 0 Å². The van der Waals surface area contributed by atoms with E-state index >= 15 is 0 Å². The predicted molar refractivity (Wildman–Crippen MR) is 69.3 cm³/mol. The fraction of sp³-hybridized carbons (Fsp3) is 0.571. The fourth-order valence-corrected chi connectivity index (χ4v) is 2.75. The molecule has 19 heavy (non-hydrogen) atoms. The van der Waals surface area contributed by atoms with Crippen molar-refractivity contribution in [2.45, 2.75) is 24.5 Å². The monoisotopic (exact) mass is 265 g/mol. The molecule has 0 bridgehead atoms. The average molecular weight is 265 g/mol. The van der Waals surface area contributed by atoms with Crippen LogP contribution in [0.3, 0.4) is 0 Å². The van der Waals surface area contributed by atoms with Crippen LogP contribution in [0.2, 0.25) is 0 Å². The second-order valence-corrected chi connectivity index (χ2v) is 5.23. The maximum atomic E-state index is 9.76. The van der Waals surface area contributed by atoms with Crippen LogP contribution in [0, 0.1) is 0 Å². The van der Waals surface area contributed by atoms with Gasteiger partial charge in [0.25, 0.3) is 0 Å². The number of hydrogen-bond donors (Lipinski definition) is 3. The van der Waals surface area contributed by atoms with E-state index in [1.165, 1.54) is 0 Å². The van der Waals surface area contributed by atoms with Crippen LogP contribution in [-0.4, -0.2) is 42.7 Å². The van der Waals surface area contributed by atoms with Gasteiger partial charge in [0.05, 0.1) is 12.7 Å². The average Bonchev–Trinajstić information content (AvgIpc) is 3.04. The number of phenolic OH excluding ortho intramolecular Hbond substituents is 1. The molecule has 0 radical (unpaired) electrons. The van der Waals surface area contributed by atoms with E-state index in [1.54, 1.807) is 18.2 Å². The van der Waals surface area contributed by atoms with Crippen molar-refractivity contribution < 1.29 is 19.7 Å². The van der Waals surface area contributed by atoms with Crippen LogP contribution in [0.15, 0.2) is 18.2 Å². The van der Waals surface area contributed by atoms with Crippen molar-refractivity contribution in [2.75, 3.05) is 26.4 Å². The van der Waals surface area contributed by atoms with Crippen molar-refractivity contribution in [3.8, 4) is 11.5 Å². The van der Waals surface area contributed by atoms with Crippen molar-refractivity contribution in [1.29, 1.82) is 0 Å². The Balaban J connectivity index is 1.77. The van der Waals surface area contributed by atoms with Crippen LogP contribution in [-0.2, 0) is 10.3 Å². The molecule has 3 N–H and O–H groups in total. The molecule has 3 rings (SSSR count). The minimum atomic E-state index is -0.588. The Morgan fingerprint density at radius 1 is 1.42 bits per heavy atom. The quantitative estimate of drug-likeness (QED) is 0.749. The second kappa shape index (κ2) is 5.00. The first-order valence-corrected chi connectivity index (χ1v) is 6.67. The van der Waals surface area contributed by atoms with E-state index in [1.807, 2.05) is 0 Å². The van der Waals surface area contributed by atoms with E-state index in [0.717, 1.165) is 25.0 Å². The number of aromatic hydroxyl groups is 1. The SMILES string of the molecule is OCC1(NCC2CCCO2)COc2cc(O)ccc21. The number of aliphatic hydroxyl groups excluding tert-OH is 1. The van der Waals surface area contributed by atoms with E-state index in [9.17, 15) is 10.2 Å². The minimum Gasteiger partial charge on any atom is -0.508 e. The molecule has 2 aliphatic heterocycles. The van der Waals surface area contributed by atoms with Crippen molar-refractivity contribution in [3.63, 3.8) is 0 Å². The molecule has 1 saturated heterocycles. The second-order valence-electron chi connectivity index (χ2n) is 5.23. The summed E-state index contributed by atoms with van der Waals surface area (Å²) in [6.07, 6.45) is 2.36. The number of ether oxygens (including phenoxy) is 2. The van der Waals surface area contributed by atoms with Gasteiger partial charge in [-0.05, 0) is 25.0 Å². The third-order valence-electron chi connectivity index (χ3n) is 3.92. The molecule has 5 nitrogen and oxygen atoms in total. The summed E-state index contributed by atoms with van der Waals surface area (Å²) in [5.41, 5.74) is 0.306. The Kier molecular flexibility index (Phi) is 3.35. The molecule has 0 aliphatic carbocycles. The highest BCUT2D eigenvalue weighted by Crippen LogP contribution is 2.38. The zero-order valence-corrected chi connectivity index (χ0v) is 10.8. The predicted octanol–water partition coefficient (Wildman–Crippen LogP) is 0.741. The molecule has 104 valence electrons. The van der Waals surface area contributed by atoms with Gasteiger partial charge in [0, 0.05) is 24.8 Å². The minimum absolute atomic E-state index is 0.0442. The first kappa shape index (κ1) is 12.7. The van der Waals surface area contributed by atoms with Crippen LogP contribution in [0.1, 0.15) is 18.4 Å². The van der Waals surface area contributed by atoms with Crippen LogP contribution in [0.25, 0.3) is 0 Å². The van der Waals surface area contributed by atoms with Gasteiger partial charge in [0.2, 0.25) is 0 Å². The number of rotatable bonds is 4. The summed E-state index contributed by atoms with van der Waals surface area (Å²) < 4.78 is 11.2. The highest BCUT2D eigenvalue weighted by Gasteiger charge is 2.40. The largest absolute Gasteiger partial charge is 0.508 e. The normalized spacial score (nSPS) is 29.2. The molecule has 0 amide bonds. The van der Waals surface area contributed by atoms with Crippen molar-refractivity contribution in [2.24, 2.45) is 0 Å². The van der Waals surface area contributed by atoms with Gasteiger partial charge in [-0.3, -0.25) is 5.32 Å². The molecule has 2 heterocycles. The summed E-state index contributed by atoms with van der Waals surface area (Å²) >= 11 is 0. The number of phenols is 1. The van der Waals surface area contributed by atoms with E-state index in [4.69, 9.17) is 9.47 Å². The van der Waals surface area contributed by atoms with Gasteiger partial charge in [-0.15, -0.1) is 0 Å². The number of nitrogens with one attached hydrogen (secondary N) is 1. The number of aliphatic hydroxyl groups is 1. The van der Waals surface area contributed by atoms with Crippen LogP contribution in [0.5, 0.6) is 11.5 Å². The molecule has 5 heteroatoms. The number of fused-ring (bicyclic) bond motifs is 1. The molecule has 0 spiro atoms. The highest BCUT2D eigenvalue weighted by molar-refractivity contribution is 5.47. The smallest absolute Gasteiger partial charge is 0.128 e. The summed E-state index contributed by atoms with van der Waals surface area (Å²) in [6.45, 7) is 1.84. The number of benzene rings is 1. The summed E-state index contributed by atoms with van der Waals surface area (Å²) in [6, 6.07) is 5.00. The molecule has 0 aromatic heterocycles. The molecule has 1 fully saturated rings. The van der Waals surface area contributed by atoms with Gasteiger partial charge in [0.1, 0.15) is 23.6 Å². The Hall–Kier alpha value is -1.30. The first-order chi connectivity index (χ1) is 9.23. The molecule has 0 saturated carbocycles. The molecule has 1 aromatic rings.